The molecule has 2 N–H and O–H groups in total. The number of carboxylic acids is 1. The van der Waals surface area contributed by atoms with Gasteiger partial charge in [0.15, 0.2) is 0 Å². The van der Waals surface area contributed by atoms with E-state index in [2.05, 4.69) is 6.58 Å². The maximum Gasteiger partial charge on any atom is 0.303 e. The van der Waals surface area contributed by atoms with Gasteiger partial charge in [-0.1, -0.05) is 17.7 Å². The second-order valence-corrected chi connectivity index (χ2v) is 4.31. The molecule has 92 valence electrons. The highest BCUT2D eigenvalue weighted by molar-refractivity contribution is 5.67. The van der Waals surface area contributed by atoms with Crippen LogP contribution < -0.4 is 0 Å². The Bertz CT molecular complexity index is 421. The van der Waals surface area contributed by atoms with E-state index in [-0.39, 0.29) is 12.2 Å². The molecule has 1 aromatic rings. The maximum absolute atomic E-state index is 10.5. The molecular weight excluding hydrogens is 216 g/mol. The lowest BCUT2D eigenvalue weighted by Gasteiger charge is -2.07. The second kappa shape index (κ2) is 6.09. The fourth-order valence-electron chi connectivity index (χ4n) is 1.59. The van der Waals surface area contributed by atoms with Crippen LogP contribution in [-0.2, 0) is 17.6 Å². The summed E-state index contributed by atoms with van der Waals surface area (Å²) in [5, 5.41) is 18.3. The molecule has 0 atom stereocenters. The Balaban J connectivity index is 2.71. The van der Waals surface area contributed by atoms with Crippen LogP contribution in [0, 0.1) is 0 Å². The van der Waals surface area contributed by atoms with Crippen molar-refractivity contribution in [3.63, 3.8) is 0 Å². The highest BCUT2D eigenvalue weighted by Gasteiger charge is 2.05. The van der Waals surface area contributed by atoms with Gasteiger partial charge in [0.1, 0.15) is 5.75 Å². The first-order chi connectivity index (χ1) is 7.99. The molecule has 0 bridgehead atoms. The van der Waals surface area contributed by atoms with Crippen molar-refractivity contribution in [2.45, 2.75) is 32.6 Å². The third kappa shape index (κ3) is 4.72. The number of hydrogen-bond donors (Lipinski definition) is 2. The Morgan fingerprint density at radius 2 is 2.00 bits per heavy atom. The van der Waals surface area contributed by atoms with E-state index >= 15 is 0 Å². The van der Waals surface area contributed by atoms with E-state index in [1.54, 1.807) is 12.1 Å². The van der Waals surface area contributed by atoms with Crippen molar-refractivity contribution >= 4 is 5.97 Å². The van der Waals surface area contributed by atoms with Gasteiger partial charge < -0.3 is 10.2 Å². The summed E-state index contributed by atoms with van der Waals surface area (Å²) in [7, 11) is 0. The SMILES string of the molecule is C=C(C)CCc1cc(CCC(=O)O)ccc1O. The summed E-state index contributed by atoms with van der Waals surface area (Å²) < 4.78 is 0. The van der Waals surface area contributed by atoms with Gasteiger partial charge in [-0.05, 0) is 43.4 Å². The fraction of sp³-hybridized carbons (Fsp3) is 0.357. The standard InChI is InChI=1S/C14H18O3/c1-10(2)3-6-12-9-11(4-7-13(12)15)5-8-14(16)17/h4,7,9,15H,1,3,5-6,8H2,2H3,(H,16,17). The first kappa shape index (κ1) is 13.3. The molecule has 0 unspecified atom stereocenters. The molecule has 0 saturated carbocycles. The number of carbonyl (C=O) groups is 1. The average molecular weight is 234 g/mol. The van der Waals surface area contributed by atoms with Crippen LogP contribution in [0.15, 0.2) is 30.4 Å². The summed E-state index contributed by atoms with van der Waals surface area (Å²) >= 11 is 0. The maximum atomic E-state index is 10.5. The number of aliphatic carboxylic acids is 1. The van der Waals surface area contributed by atoms with Crippen LogP contribution in [0.2, 0.25) is 0 Å². The van der Waals surface area contributed by atoms with Gasteiger partial charge in [0.25, 0.3) is 0 Å². The number of phenols is 1. The van der Waals surface area contributed by atoms with Crippen molar-refractivity contribution < 1.29 is 15.0 Å². The molecule has 17 heavy (non-hydrogen) atoms. The number of aryl methyl sites for hydroxylation is 2. The topological polar surface area (TPSA) is 57.5 Å². The molecule has 1 rings (SSSR count). The third-order valence-electron chi connectivity index (χ3n) is 2.59. The lowest BCUT2D eigenvalue weighted by molar-refractivity contribution is -0.136. The normalized spacial score (nSPS) is 10.2. The molecule has 0 fully saturated rings. The summed E-state index contributed by atoms with van der Waals surface area (Å²) in [5.74, 6) is -0.535. The van der Waals surface area contributed by atoms with Gasteiger partial charge in [-0.2, -0.15) is 0 Å². The molecular formula is C14H18O3. The summed E-state index contributed by atoms with van der Waals surface area (Å²) in [6, 6.07) is 5.27. The smallest absolute Gasteiger partial charge is 0.303 e. The number of benzene rings is 1. The zero-order valence-corrected chi connectivity index (χ0v) is 10.1. The van der Waals surface area contributed by atoms with Crippen LogP contribution in [0.4, 0.5) is 0 Å². The van der Waals surface area contributed by atoms with Gasteiger partial charge in [-0.25, -0.2) is 0 Å². The largest absolute Gasteiger partial charge is 0.508 e. The van der Waals surface area contributed by atoms with Crippen LogP contribution in [0.5, 0.6) is 5.75 Å². The summed E-state index contributed by atoms with van der Waals surface area (Å²) in [5.41, 5.74) is 2.87. The quantitative estimate of drug-likeness (QED) is 0.744. The molecule has 0 saturated heterocycles. The summed E-state index contributed by atoms with van der Waals surface area (Å²) in [4.78, 5) is 10.5. The minimum atomic E-state index is -0.804. The average Bonchev–Trinajstić information content (AvgIpc) is 2.26. The van der Waals surface area contributed by atoms with Crippen LogP contribution in [-0.4, -0.2) is 16.2 Å². The van der Waals surface area contributed by atoms with Crippen LogP contribution >= 0.6 is 0 Å². The molecule has 3 nitrogen and oxygen atoms in total. The molecule has 0 aliphatic heterocycles. The highest BCUT2D eigenvalue weighted by Crippen LogP contribution is 2.21. The number of hydrogen-bond acceptors (Lipinski definition) is 2. The van der Waals surface area contributed by atoms with Crippen LogP contribution in [0.25, 0.3) is 0 Å². The Labute approximate surface area is 101 Å². The van der Waals surface area contributed by atoms with E-state index in [9.17, 15) is 9.90 Å². The molecule has 0 aliphatic carbocycles. The number of allylic oxidation sites excluding steroid dienone is 1. The Kier molecular flexibility index (Phi) is 4.76. The van der Waals surface area contributed by atoms with E-state index in [0.717, 1.165) is 29.5 Å². The van der Waals surface area contributed by atoms with E-state index < -0.39 is 5.97 Å². The van der Waals surface area contributed by atoms with Crippen molar-refractivity contribution in [1.82, 2.24) is 0 Å². The second-order valence-electron chi connectivity index (χ2n) is 4.31. The highest BCUT2D eigenvalue weighted by atomic mass is 16.4. The van der Waals surface area contributed by atoms with Crippen LogP contribution in [0.1, 0.15) is 30.9 Å². The van der Waals surface area contributed by atoms with Crippen molar-refractivity contribution in [3.05, 3.63) is 41.5 Å². The van der Waals surface area contributed by atoms with E-state index in [0.29, 0.717) is 6.42 Å². The molecule has 1 aromatic carbocycles. The molecule has 0 radical (unpaired) electrons. The van der Waals surface area contributed by atoms with Crippen LogP contribution in [0.3, 0.4) is 0 Å². The predicted octanol–water partition coefficient (Wildman–Crippen LogP) is 2.92. The minimum Gasteiger partial charge on any atom is -0.508 e. The van der Waals surface area contributed by atoms with E-state index in [1.165, 1.54) is 0 Å². The molecule has 0 amide bonds. The van der Waals surface area contributed by atoms with Gasteiger partial charge in [-0.3, -0.25) is 4.79 Å². The molecule has 3 heteroatoms. The lowest BCUT2D eigenvalue weighted by atomic mass is 10.0. The number of aromatic hydroxyl groups is 1. The van der Waals surface area contributed by atoms with Gasteiger partial charge >= 0.3 is 5.97 Å². The Morgan fingerprint density at radius 1 is 1.29 bits per heavy atom. The monoisotopic (exact) mass is 234 g/mol. The lowest BCUT2D eigenvalue weighted by Crippen LogP contribution is -1.98. The molecule has 0 aliphatic rings. The first-order valence-corrected chi connectivity index (χ1v) is 5.66. The van der Waals surface area contributed by atoms with E-state index in [4.69, 9.17) is 5.11 Å². The summed E-state index contributed by atoms with van der Waals surface area (Å²) in [6.45, 7) is 5.77. The predicted molar refractivity (Wildman–Crippen MR) is 67.2 cm³/mol. The van der Waals surface area contributed by atoms with Gasteiger partial charge in [0, 0.05) is 6.42 Å². The number of rotatable bonds is 6. The van der Waals surface area contributed by atoms with Crippen molar-refractivity contribution in [1.29, 1.82) is 0 Å². The van der Waals surface area contributed by atoms with E-state index in [1.807, 2.05) is 13.0 Å². The molecule has 0 aromatic heterocycles. The fourth-order valence-corrected chi connectivity index (χ4v) is 1.59. The van der Waals surface area contributed by atoms with Crippen molar-refractivity contribution in [2.75, 3.05) is 0 Å². The molecule has 0 spiro atoms. The van der Waals surface area contributed by atoms with Gasteiger partial charge in [-0.15, -0.1) is 6.58 Å². The van der Waals surface area contributed by atoms with Gasteiger partial charge in [0.2, 0.25) is 0 Å². The van der Waals surface area contributed by atoms with Crippen molar-refractivity contribution in [3.8, 4) is 5.75 Å². The van der Waals surface area contributed by atoms with Crippen molar-refractivity contribution in [2.24, 2.45) is 0 Å². The zero-order valence-electron chi connectivity index (χ0n) is 10.1. The van der Waals surface area contributed by atoms with Gasteiger partial charge in [0.05, 0.1) is 0 Å². The molecule has 0 heterocycles. The third-order valence-corrected chi connectivity index (χ3v) is 2.59. The number of carboxylic acid groups (broad SMARTS) is 1. The Morgan fingerprint density at radius 3 is 2.59 bits per heavy atom. The zero-order chi connectivity index (χ0) is 12.8. The Hall–Kier alpha value is -1.77. The summed E-state index contributed by atoms with van der Waals surface area (Å²) in [6.07, 6.45) is 2.18. The first-order valence-electron chi connectivity index (χ1n) is 5.66. The number of phenolic OH excluding ortho intramolecular Hbond substituents is 1. The minimum absolute atomic E-state index is 0.116.